The third kappa shape index (κ3) is 4.25. The molecule has 3 rings (SSSR count). The summed E-state index contributed by atoms with van der Waals surface area (Å²) in [6, 6.07) is 0. The second-order valence-electron chi connectivity index (χ2n) is 6.35. The van der Waals surface area contributed by atoms with Gasteiger partial charge in [0.25, 0.3) is 5.91 Å². The molecular weight excluding hydrogens is 322 g/mol. The van der Waals surface area contributed by atoms with Crippen LogP contribution in [0.25, 0.3) is 0 Å². The Balaban J connectivity index is 1.61. The molecule has 0 bridgehead atoms. The fourth-order valence-electron chi connectivity index (χ4n) is 3.28. The summed E-state index contributed by atoms with van der Waals surface area (Å²) in [6.45, 7) is 6.29. The highest BCUT2D eigenvalue weighted by atomic mass is 16.5. The van der Waals surface area contributed by atoms with Gasteiger partial charge in [0.1, 0.15) is 0 Å². The number of nitrogens with zero attached hydrogens (tertiary/aromatic N) is 4. The topological polar surface area (TPSA) is 87.7 Å². The van der Waals surface area contributed by atoms with Gasteiger partial charge in [-0.05, 0) is 19.8 Å². The number of amides is 2. The Kier molecular flexibility index (Phi) is 5.80. The Labute approximate surface area is 147 Å². The predicted molar refractivity (Wildman–Crippen MR) is 92.2 cm³/mol. The minimum Gasteiger partial charge on any atom is -0.378 e. The van der Waals surface area contributed by atoms with Crippen molar-refractivity contribution in [1.82, 2.24) is 19.8 Å². The quantitative estimate of drug-likeness (QED) is 0.859. The van der Waals surface area contributed by atoms with Crippen LogP contribution in [0, 0.1) is 5.92 Å². The highest BCUT2D eigenvalue weighted by molar-refractivity contribution is 5.94. The lowest BCUT2D eigenvalue weighted by molar-refractivity contribution is -0.141. The molecule has 8 heteroatoms. The number of nitrogens with one attached hydrogen (secondary N) is 1. The van der Waals surface area contributed by atoms with E-state index in [-0.39, 0.29) is 17.7 Å². The van der Waals surface area contributed by atoms with Gasteiger partial charge in [0.05, 0.1) is 24.7 Å². The van der Waals surface area contributed by atoms with E-state index >= 15 is 0 Å². The van der Waals surface area contributed by atoms with Crippen molar-refractivity contribution < 1.29 is 14.3 Å². The molecule has 0 radical (unpaired) electrons. The molecule has 2 amide bonds. The largest absolute Gasteiger partial charge is 0.378 e. The van der Waals surface area contributed by atoms with Crippen molar-refractivity contribution in [3.63, 3.8) is 0 Å². The van der Waals surface area contributed by atoms with Crippen LogP contribution in [0.4, 0.5) is 5.95 Å². The molecule has 0 spiro atoms. The molecule has 2 fully saturated rings. The van der Waals surface area contributed by atoms with Gasteiger partial charge >= 0.3 is 0 Å². The minimum atomic E-state index is -0.127. The van der Waals surface area contributed by atoms with Crippen LogP contribution < -0.4 is 5.32 Å². The molecule has 1 N–H and O–H groups in total. The Morgan fingerprint density at radius 3 is 2.60 bits per heavy atom. The number of hydrogen-bond acceptors (Lipinski definition) is 6. The first kappa shape index (κ1) is 17.6. The van der Waals surface area contributed by atoms with Gasteiger partial charge in [-0.3, -0.25) is 9.59 Å². The highest BCUT2D eigenvalue weighted by Crippen LogP contribution is 2.21. The number of carbonyl (C=O) groups is 2. The average molecular weight is 347 g/mol. The number of anilines is 1. The summed E-state index contributed by atoms with van der Waals surface area (Å²) in [7, 11) is 0. The van der Waals surface area contributed by atoms with Crippen LogP contribution in [0.15, 0.2) is 12.4 Å². The molecule has 2 aliphatic rings. The summed E-state index contributed by atoms with van der Waals surface area (Å²) in [6.07, 6.45) is 4.75. The van der Waals surface area contributed by atoms with Crippen molar-refractivity contribution in [2.24, 2.45) is 5.92 Å². The van der Waals surface area contributed by atoms with Crippen LogP contribution in [0.1, 0.15) is 30.1 Å². The number of likely N-dealkylation sites (tertiary alicyclic amines) is 1. The molecule has 0 saturated carbocycles. The molecule has 2 aliphatic heterocycles. The molecule has 8 nitrogen and oxygen atoms in total. The van der Waals surface area contributed by atoms with Crippen LogP contribution in [0.5, 0.6) is 0 Å². The van der Waals surface area contributed by atoms with Crippen molar-refractivity contribution in [3.8, 4) is 0 Å². The monoisotopic (exact) mass is 347 g/mol. The van der Waals surface area contributed by atoms with Crippen molar-refractivity contribution in [3.05, 3.63) is 18.0 Å². The lowest BCUT2D eigenvalue weighted by atomic mass is 9.96. The maximum absolute atomic E-state index is 12.7. The van der Waals surface area contributed by atoms with E-state index in [2.05, 4.69) is 15.3 Å². The zero-order valence-electron chi connectivity index (χ0n) is 14.6. The van der Waals surface area contributed by atoms with E-state index in [1.165, 1.54) is 0 Å². The highest BCUT2D eigenvalue weighted by Gasteiger charge is 2.32. The zero-order chi connectivity index (χ0) is 17.6. The molecule has 3 heterocycles. The van der Waals surface area contributed by atoms with Gasteiger partial charge in [0.2, 0.25) is 11.9 Å². The molecule has 2 saturated heterocycles. The number of rotatable bonds is 4. The van der Waals surface area contributed by atoms with E-state index in [4.69, 9.17) is 4.74 Å². The van der Waals surface area contributed by atoms with E-state index in [9.17, 15) is 9.59 Å². The maximum Gasteiger partial charge on any atom is 0.257 e. The fourth-order valence-corrected chi connectivity index (χ4v) is 3.28. The van der Waals surface area contributed by atoms with E-state index in [0.717, 1.165) is 19.4 Å². The number of piperidine rings is 1. The normalized spacial score (nSPS) is 21.1. The van der Waals surface area contributed by atoms with Crippen molar-refractivity contribution in [2.75, 3.05) is 51.3 Å². The molecule has 1 aromatic rings. The summed E-state index contributed by atoms with van der Waals surface area (Å²) in [5.41, 5.74) is 0.459. The molecular formula is C17H25N5O3. The smallest absolute Gasteiger partial charge is 0.257 e. The van der Waals surface area contributed by atoms with Crippen LogP contribution in [0.3, 0.4) is 0 Å². The summed E-state index contributed by atoms with van der Waals surface area (Å²) in [4.78, 5) is 37.3. The van der Waals surface area contributed by atoms with Gasteiger partial charge in [0.15, 0.2) is 0 Å². The fraction of sp³-hybridized carbons (Fsp3) is 0.647. The van der Waals surface area contributed by atoms with Gasteiger partial charge in [0, 0.05) is 45.1 Å². The van der Waals surface area contributed by atoms with E-state index < -0.39 is 0 Å². The average Bonchev–Trinajstić information content (AvgIpc) is 2.68. The molecule has 1 atom stereocenters. The molecule has 0 aliphatic carbocycles. The van der Waals surface area contributed by atoms with E-state index in [1.54, 1.807) is 17.3 Å². The van der Waals surface area contributed by atoms with Crippen LogP contribution in [0.2, 0.25) is 0 Å². The van der Waals surface area contributed by atoms with E-state index in [1.807, 2.05) is 11.8 Å². The number of ether oxygens (including phenoxy) is 1. The van der Waals surface area contributed by atoms with Crippen molar-refractivity contribution in [2.45, 2.75) is 19.8 Å². The van der Waals surface area contributed by atoms with Gasteiger partial charge in [-0.25, -0.2) is 9.97 Å². The first-order valence-electron chi connectivity index (χ1n) is 8.90. The molecule has 0 aromatic carbocycles. The Morgan fingerprint density at radius 1 is 1.20 bits per heavy atom. The Bertz CT molecular complexity index is 601. The summed E-state index contributed by atoms with van der Waals surface area (Å²) < 4.78 is 5.30. The standard InChI is InChI=1S/C17H25N5O3/c1-2-18-17-19-10-14(11-20-17)16(24)22-5-3-4-13(12-22)15(23)21-6-8-25-9-7-21/h10-11,13H,2-9,12H2,1H3,(H,18,19,20). The van der Waals surface area contributed by atoms with E-state index in [0.29, 0.717) is 50.9 Å². The zero-order valence-corrected chi connectivity index (χ0v) is 14.6. The third-order valence-electron chi connectivity index (χ3n) is 4.61. The van der Waals surface area contributed by atoms with Gasteiger partial charge in [-0.2, -0.15) is 0 Å². The van der Waals surface area contributed by atoms with Gasteiger partial charge < -0.3 is 19.9 Å². The maximum atomic E-state index is 12.7. The van der Waals surface area contributed by atoms with Gasteiger partial charge in [-0.15, -0.1) is 0 Å². The summed E-state index contributed by atoms with van der Waals surface area (Å²) in [5.74, 6) is 0.415. The summed E-state index contributed by atoms with van der Waals surface area (Å²) in [5, 5.41) is 3.00. The molecule has 25 heavy (non-hydrogen) atoms. The predicted octanol–water partition coefficient (Wildman–Crippen LogP) is 0.619. The SMILES string of the molecule is CCNc1ncc(C(=O)N2CCCC(C(=O)N3CCOCC3)C2)cn1. The van der Waals surface area contributed by atoms with Crippen molar-refractivity contribution >= 4 is 17.8 Å². The Hall–Kier alpha value is -2.22. The van der Waals surface area contributed by atoms with Crippen LogP contribution in [-0.2, 0) is 9.53 Å². The second kappa shape index (κ2) is 8.24. The lowest BCUT2D eigenvalue weighted by Gasteiger charge is -2.36. The number of morpholine rings is 1. The minimum absolute atomic E-state index is 0.109. The van der Waals surface area contributed by atoms with Crippen LogP contribution >= 0.6 is 0 Å². The molecule has 1 unspecified atom stereocenters. The second-order valence-corrected chi connectivity index (χ2v) is 6.35. The molecule has 1 aromatic heterocycles. The van der Waals surface area contributed by atoms with Gasteiger partial charge in [-0.1, -0.05) is 0 Å². The first-order valence-corrected chi connectivity index (χ1v) is 8.90. The number of aromatic nitrogens is 2. The van der Waals surface area contributed by atoms with Crippen molar-refractivity contribution in [1.29, 1.82) is 0 Å². The van der Waals surface area contributed by atoms with Crippen LogP contribution in [-0.4, -0.2) is 77.5 Å². The number of carbonyl (C=O) groups excluding carboxylic acids is 2. The Morgan fingerprint density at radius 2 is 1.92 bits per heavy atom. The summed E-state index contributed by atoms with van der Waals surface area (Å²) >= 11 is 0. The first-order chi connectivity index (χ1) is 12.2. The number of hydrogen-bond donors (Lipinski definition) is 1. The third-order valence-corrected chi connectivity index (χ3v) is 4.61. The molecule has 136 valence electrons. The lowest BCUT2D eigenvalue weighted by Crippen LogP contribution is -2.49.